The smallest absolute Gasteiger partial charge is 0.325 e. The molecule has 1 aromatic rings. The summed E-state index contributed by atoms with van der Waals surface area (Å²) in [5, 5.41) is 2.76. The molecule has 1 saturated heterocycles. The Hall–Kier alpha value is -1.88. The fourth-order valence-electron chi connectivity index (χ4n) is 2.17. The third-order valence-corrected chi connectivity index (χ3v) is 3.29. The number of amides is 3. The van der Waals surface area contributed by atoms with Gasteiger partial charge in [-0.15, -0.1) is 0 Å². The largest absolute Gasteiger partial charge is 0.380 e. The number of hydrogen-bond acceptors (Lipinski definition) is 3. The highest BCUT2D eigenvalue weighted by atomic mass is 16.5. The van der Waals surface area contributed by atoms with E-state index in [9.17, 15) is 9.59 Å². The first-order chi connectivity index (χ1) is 9.09. The summed E-state index contributed by atoms with van der Waals surface area (Å²) in [6.07, 6.45) is 0. The molecule has 1 heterocycles. The summed E-state index contributed by atoms with van der Waals surface area (Å²) >= 11 is 0. The summed E-state index contributed by atoms with van der Waals surface area (Å²) in [5.74, 6) is -0.233. The number of benzene rings is 1. The molecular formula is C14H18N2O3. The van der Waals surface area contributed by atoms with Crippen molar-refractivity contribution in [3.05, 3.63) is 35.9 Å². The molecule has 0 saturated carbocycles. The van der Waals surface area contributed by atoms with Gasteiger partial charge in [0.1, 0.15) is 5.54 Å². The van der Waals surface area contributed by atoms with Gasteiger partial charge in [-0.3, -0.25) is 9.69 Å². The number of hydrogen-bond donors (Lipinski definition) is 1. The van der Waals surface area contributed by atoms with Gasteiger partial charge in [-0.05, 0) is 19.4 Å². The van der Waals surface area contributed by atoms with Crippen molar-refractivity contribution in [2.75, 3.05) is 19.8 Å². The van der Waals surface area contributed by atoms with Crippen molar-refractivity contribution in [3.8, 4) is 0 Å². The van der Waals surface area contributed by atoms with E-state index in [1.54, 1.807) is 6.92 Å². The first-order valence-corrected chi connectivity index (χ1v) is 6.37. The van der Waals surface area contributed by atoms with E-state index in [0.29, 0.717) is 13.2 Å². The maximum absolute atomic E-state index is 12.4. The Morgan fingerprint density at radius 1 is 1.26 bits per heavy atom. The summed E-state index contributed by atoms with van der Waals surface area (Å²) in [7, 11) is 0. The lowest BCUT2D eigenvalue weighted by Gasteiger charge is -2.22. The van der Waals surface area contributed by atoms with Crippen LogP contribution in [-0.4, -0.2) is 36.6 Å². The van der Waals surface area contributed by atoms with E-state index in [0.717, 1.165) is 5.56 Å². The molecule has 1 N–H and O–H groups in total. The van der Waals surface area contributed by atoms with Gasteiger partial charge in [-0.25, -0.2) is 4.79 Å². The lowest BCUT2D eigenvalue weighted by molar-refractivity contribution is -0.131. The molecular weight excluding hydrogens is 244 g/mol. The Kier molecular flexibility index (Phi) is 3.85. The summed E-state index contributed by atoms with van der Waals surface area (Å²) in [5.41, 5.74) is -0.197. The predicted octanol–water partition coefficient (Wildman–Crippen LogP) is 1.49. The second-order valence-electron chi connectivity index (χ2n) is 4.57. The zero-order valence-electron chi connectivity index (χ0n) is 11.2. The molecule has 1 aliphatic heterocycles. The van der Waals surface area contributed by atoms with Crippen molar-refractivity contribution in [1.82, 2.24) is 10.2 Å². The maximum Gasteiger partial charge on any atom is 0.325 e. The molecule has 0 spiro atoms. The van der Waals surface area contributed by atoms with Crippen LogP contribution in [0.2, 0.25) is 0 Å². The fourth-order valence-corrected chi connectivity index (χ4v) is 2.17. The Bertz CT molecular complexity index is 475. The highest BCUT2D eigenvalue weighted by Crippen LogP contribution is 2.28. The predicted molar refractivity (Wildman–Crippen MR) is 70.5 cm³/mol. The number of ether oxygens (including phenoxy) is 1. The second-order valence-corrected chi connectivity index (χ2v) is 4.57. The quantitative estimate of drug-likeness (QED) is 0.646. The Labute approximate surface area is 112 Å². The van der Waals surface area contributed by atoms with Crippen LogP contribution in [0.25, 0.3) is 0 Å². The van der Waals surface area contributed by atoms with Crippen molar-refractivity contribution >= 4 is 11.9 Å². The molecule has 19 heavy (non-hydrogen) atoms. The van der Waals surface area contributed by atoms with Crippen LogP contribution in [0.5, 0.6) is 0 Å². The molecule has 0 aliphatic carbocycles. The van der Waals surface area contributed by atoms with E-state index in [1.807, 2.05) is 37.3 Å². The van der Waals surface area contributed by atoms with Crippen LogP contribution in [-0.2, 0) is 15.1 Å². The van der Waals surface area contributed by atoms with Gasteiger partial charge in [-0.2, -0.15) is 0 Å². The molecule has 1 atom stereocenters. The molecule has 1 aromatic carbocycles. The monoisotopic (exact) mass is 262 g/mol. The summed E-state index contributed by atoms with van der Waals surface area (Å²) < 4.78 is 5.19. The van der Waals surface area contributed by atoms with E-state index in [1.165, 1.54) is 4.90 Å². The van der Waals surface area contributed by atoms with Crippen LogP contribution in [0.3, 0.4) is 0 Å². The van der Waals surface area contributed by atoms with Gasteiger partial charge in [0.15, 0.2) is 0 Å². The van der Waals surface area contributed by atoms with Gasteiger partial charge in [0.05, 0.1) is 13.2 Å². The first-order valence-electron chi connectivity index (χ1n) is 6.37. The number of urea groups is 1. The summed E-state index contributed by atoms with van der Waals surface area (Å²) in [6.45, 7) is 4.81. The third kappa shape index (κ3) is 2.46. The lowest BCUT2D eigenvalue weighted by atomic mass is 9.92. The lowest BCUT2D eigenvalue weighted by Crippen LogP contribution is -2.41. The maximum atomic E-state index is 12.4. The Morgan fingerprint density at radius 2 is 1.95 bits per heavy atom. The SMILES string of the molecule is CCOCCN1C(=O)N[C@](C)(c2ccccc2)C1=O. The number of nitrogens with one attached hydrogen (secondary N) is 1. The van der Waals surface area contributed by atoms with E-state index in [4.69, 9.17) is 4.74 Å². The minimum Gasteiger partial charge on any atom is -0.380 e. The molecule has 1 aliphatic rings. The molecule has 5 heteroatoms. The van der Waals surface area contributed by atoms with Crippen molar-refractivity contribution in [3.63, 3.8) is 0 Å². The first kappa shape index (κ1) is 13.5. The molecule has 102 valence electrons. The summed E-state index contributed by atoms with van der Waals surface area (Å²) in [4.78, 5) is 25.5. The highest BCUT2D eigenvalue weighted by Gasteiger charge is 2.48. The van der Waals surface area contributed by atoms with Gasteiger partial charge in [-0.1, -0.05) is 30.3 Å². The van der Waals surface area contributed by atoms with E-state index >= 15 is 0 Å². The second kappa shape index (κ2) is 5.40. The van der Waals surface area contributed by atoms with Crippen molar-refractivity contribution < 1.29 is 14.3 Å². The topological polar surface area (TPSA) is 58.6 Å². The molecule has 2 rings (SSSR count). The minimum atomic E-state index is -0.982. The molecule has 1 fully saturated rings. The molecule has 5 nitrogen and oxygen atoms in total. The molecule has 0 unspecified atom stereocenters. The summed E-state index contributed by atoms with van der Waals surface area (Å²) in [6, 6.07) is 8.89. The van der Waals surface area contributed by atoms with E-state index < -0.39 is 5.54 Å². The number of nitrogens with zero attached hydrogens (tertiary/aromatic N) is 1. The van der Waals surface area contributed by atoms with Crippen LogP contribution in [0.4, 0.5) is 4.79 Å². The molecule has 0 bridgehead atoms. The van der Waals surface area contributed by atoms with Gasteiger partial charge in [0, 0.05) is 6.61 Å². The van der Waals surface area contributed by atoms with Crippen molar-refractivity contribution in [1.29, 1.82) is 0 Å². The average molecular weight is 262 g/mol. The van der Waals surface area contributed by atoms with Gasteiger partial charge in [0.25, 0.3) is 5.91 Å². The third-order valence-electron chi connectivity index (χ3n) is 3.29. The number of rotatable bonds is 5. The standard InChI is InChI=1S/C14H18N2O3/c1-3-19-10-9-16-12(17)14(2,15-13(16)18)11-7-5-4-6-8-11/h4-8H,3,9-10H2,1-2H3,(H,15,18)/t14-/m1/s1. The van der Waals surface area contributed by atoms with Crippen molar-refractivity contribution in [2.45, 2.75) is 19.4 Å². The normalized spacial score (nSPS) is 22.7. The van der Waals surface area contributed by atoms with Gasteiger partial charge >= 0.3 is 6.03 Å². The fraction of sp³-hybridized carbons (Fsp3) is 0.429. The zero-order chi connectivity index (χ0) is 13.9. The zero-order valence-corrected chi connectivity index (χ0v) is 11.2. The van der Waals surface area contributed by atoms with Crippen LogP contribution >= 0.6 is 0 Å². The highest BCUT2D eigenvalue weighted by molar-refractivity contribution is 6.07. The van der Waals surface area contributed by atoms with Gasteiger partial charge in [0.2, 0.25) is 0 Å². The van der Waals surface area contributed by atoms with Crippen molar-refractivity contribution in [2.24, 2.45) is 0 Å². The van der Waals surface area contributed by atoms with E-state index in [-0.39, 0.29) is 18.5 Å². The van der Waals surface area contributed by atoms with Crippen LogP contribution in [0.15, 0.2) is 30.3 Å². The number of imide groups is 1. The molecule has 3 amide bonds. The number of carbonyl (C=O) groups excluding carboxylic acids is 2. The van der Waals surface area contributed by atoms with Gasteiger partial charge < -0.3 is 10.1 Å². The molecule has 0 radical (unpaired) electrons. The van der Waals surface area contributed by atoms with Crippen LogP contribution in [0.1, 0.15) is 19.4 Å². The molecule has 0 aromatic heterocycles. The Morgan fingerprint density at radius 3 is 2.58 bits per heavy atom. The van der Waals surface area contributed by atoms with Crippen LogP contribution in [0, 0.1) is 0 Å². The van der Waals surface area contributed by atoms with Crippen LogP contribution < -0.4 is 5.32 Å². The number of carbonyl (C=O) groups is 2. The Balaban J connectivity index is 2.17. The minimum absolute atomic E-state index is 0.233. The van der Waals surface area contributed by atoms with E-state index in [2.05, 4.69) is 5.32 Å². The average Bonchev–Trinajstić information content (AvgIpc) is 2.64.